The molecule has 0 radical (unpaired) electrons. The molecule has 0 fully saturated rings. The van der Waals surface area contributed by atoms with E-state index in [1.165, 1.54) is 6.92 Å². The van der Waals surface area contributed by atoms with Crippen molar-refractivity contribution >= 4 is 34.9 Å². The number of rotatable bonds is 5. The molecule has 0 saturated heterocycles. The van der Waals surface area contributed by atoms with Crippen LogP contribution >= 0.6 is 23.2 Å². The van der Waals surface area contributed by atoms with Gasteiger partial charge in [0.2, 0.25) is 11.8 Å². The average Bonchev–Trinajstić information content (AvgIpc) is 2.56. The molecule has 2 N–H and O–H groups in total. The van der Waals surface area contributed by atoms with Gasteiger partial charge >= 0.3 is 5.97 Å². The Balaban J connectivity index is 2.00. The number of anilines is 1. The minimum atomic E-state index is -1.06. The molecule has 5 nitrogen and oxygen atoms in total. The molecule has 1 aromatic heterocycles. The van der Waals surface area contributed by atoms with E-state index < -0.39 is 23.0 Å². The molecule has 24 heavy (non-hydrogen) atoms. The van der Waals surface area contributed by atoms with Gasteiger partial charge in [0.25, 0.3) is 0 Å². The van der Waals surface area contributed by atoms with Gasteiger partial charge in [0.15, 0.2) is 6.10 Å². The first-order chi connectivity index (χ1) is 11.3. The summed E-state index contributed by atoms with van der Waals surface area (Å²) in [6.45, 7) is 3.47. The van der Waals surface area contributed by atoms with E-state index in [1.54, 1.807) is 0 Å². The molecular formula is C16H15Cl2FN2O3. The molecule has 8 heteroatoms. The molecular weight excluding hydrogens is 358 g/mol. The summed E-state index contributed by atoms with van der Waals surface area (Å²) in [4.78, 5) is 15.4. The van der Waals surface area contributed by atoms with Gasteiger partial charge in [-0.25, -0.2) is 4.79 Å². The Morgan fingerprint density at radius 2 is 1.92 bits per heavy atom. The number of esters is 1. The fourth-order valence-electron chi connectivity index (χ4n) is 1.76. The number of nitrogens with zero attached hydrogens (tertiary/aromatic N) is 1. The van der Waals surface area contributed by atoms with E-state index in [9.17, 15) is 9.18 Å². The summed E-state index contributed by atoms with van der Waals surface area (Å²) in [5.74, 6) is -2.01. The van der Waals surface area contributed by atoms with E-state index in [1.807, 2.05) is 31.2 Å². The summed E-state index contributed by atoms with van der Waals surface area (Å²) in [6.07, 6.45) is -1.06. The van der Waals surface area contributed by atoms with Crippen molar-refractivity contribution in [2.24, 2.45) is 0 Å². The standard InChI is InChI=1S/C16H15Cl2FN2O3/c1-8-3-5-10(6-4-8)7-23-16(22)9(2)24-15-12(18)13(20)11(17)14(19)21-15/h3-6,9H,7H2,1-2H3,(H2,20,21)/t9-/m1/s1. The van der Waals surface area contributed by atoms with Gasteiger partial charge in [-0.2, -0.15) is 9.37 Å². The van der Waals surface area contributed by atoms with Crippen LogP contribution < -0.4 is 10.5 Å². The number of ether oxygens (including phenoxy) is 2. The first kappa shape index (κ1) is 18.3. The lowest BCUT2D eigenvalue weighted by molar-refractivity contribution is -0.152. The molecule has 128 valence electrons. The van der Waals surface area contributed by atoms with Crippen molar-refractivity contribution in [3.05, 3.63) is 51.4 Å². The van der Waals surface area contributed by atoms with Crippen LogP contribution in [0.2, 0.25) is 10.0 Å². The van der Waals surface area contributed by atoms with Crippen molar-refractivity contribution in [1.29, 1.82) is 0 Å². The SMILES string of the molecule is Cc1ccc(COC(=O)[C@@H](C)Oc2nc(F)c(Cl)c(N)c2Cl)cc1. The number of nitrogens with two attached hydrogens (primary N) is 1. The Morgan fingerprint density at radius 1 is 1.29 bits per heavy atom. The number of hydrogen-bond donors (Lipinski definition) is 1. The zero-order valence-electron chi connectivity index (χ0n) is 13.0. The Hall–Kier alpha value is -2.05. The fraction of sp³-hybridized carbons (Fsp3) is 0.250. The lowest BCUT2D eigenvalue weighted by Gasteiger charge is -2.15. The first-order valence-corrected chi connectivity index (χ1v) is 7.74. The summed E-state index contributed by atoms with van der Waals surface area (Å²) < 4.78 is 23.9. The van der Waals surface area contributed by atoms with Crippen LogP contribution in [0.3, 0.4) is 0 Å². The van der Waals surface area contributed by atoms with Crippen molar-refractivity contribution in [2.45, 2.75) is 26.6 Å². The van der Waals surface area contributed by atoms with Gasteiger partial charge in [0.1, 0.15) is 16.7 Å². The molecule has 0 spiro atoms. The Bertz CT molecular complexity index is 754. The third-order valence-electron chi connectivity index (χ3n) is 3.16. The van der Waals surface area contributed by atoms with Crippen molar-refractivity contribution in [3.63, 3.8) is 0 Å². The van der Waals surface area contributed by atoms with Gasteiger partial charge in [-0.15, -0.1) is 0 Å². The highest BCUT2D eigenvalue weighted by Crippen LogP contribution is 2.35. The van der Waals surface area contributed by atoms with Gasteiger partial charge in [0, 0.05) is 0 Å². The van der Waals surface area contributed by atoms with Crippen LogP contribution in [0, 0.1) is 12.9 Å². The van der Waals surface area contributed by atoms with Gasteiger partial charge in [-0.05, 0) is 19.4 Å². The predicted molar refractivity (Wildman–Crippen MR) is 89.7 cm³/mol. The third kappa shape index (κ3) is 4.27. The van der Waals surface area contributed by atoms with Gasteiger partial charge in [0.05, 0.1) is 5.69 Å². The number of halogens is 3. The molecule has 2 rings (SSSR count). The van der Waals surface area contributed by atoms with E-state index in [0.29, 0.717) is 0 Å². The van der Waals surface area contributed by atoms with E-state index in [-0.39, 0.29) is 23.2 Å². The lowest BCUT2D eigenvalue weighted by Crippen LogP contribution is -2.26. The normalized spacial score (nSPS) is 11.9. The van der Waals surface area contributed by atoms with E-state index in [0.717, 1.165) is 11.1 Å². The predicted octanol–water partition coefficient (Wildman–Crippen LogP) is 3.93. The van der Waals surface area contributed by atoms with Crippen molar-refractivity contribution < 1.29 is 18.7 Å². The smallest absolute Gasteiger partial charge is 0.347 e. The number of carbonyl (C=O) groups excluding carboxylic acids is 1. The van der Waals surface area contributed by atoms with Gasteiger partial charge in [-0.1, -0.05) is 53.0 Å². The molecule has 0 aliphatic rings. The largest absolute Gasteiger partial charge is 0.461 e. The van der Waals surface area contributed by atoms with E-state index >= 15 is 0 Å². The highest BCUT2D eigenvalue weighted by atomic mass is 35.5. The molecule has 0 aliphatic carbocycles. The van der Waals surface area contributed by atoms with Crippen LogP contribution in [0.15, 0.2) is 24.3 Å². The quantitative estimate of drug-likeness (QED) is 0.635. The molecule has 1 atom stereocenters. The van der Waals surface area contributed by atoms with Crippen molar-refractivity contribution in [3.8, 4) is 5.88 Å². The number of aromatic nitrogens is 1. The molecule has 0 amide bonds. The Kier molecular flexibility index (Phi) is 5.85. The van der Waals surface area contributed by atoms with Crippen LogP contribution in [0.5, 0.6) is 5.88 Å². The Labute approximate surface area is 148 Å². The molecule has 0 unspecified atom stereocenters. The van der Waals surface area contributed by atoms with Gasteiger partial charge in [-0.3, -0.25) is 0 Å². The molecule has 1 aromatic carbocycles. The van der Waals surface area contributed by atoms with Crippen LogP contribution in [-0.2, 0) is 16.1 Å². The number of nitrogen functional groups attached to an aromatic ring is 1. The van der Waals surface area contributed by atoms with E-state index in [4.69, 9.17) is 38.4 Å². The molecule has 2 aromatic rings. The third-order valence-corrected chi connectivity index (χ3v) is 3.89. The highest BCUT2D eigenvalue weighted by Gasteiger charge is 2.22. The maximum absolute atomic E-state index is 13.5. The minimum Gasteiger partial charge on any atom is -0.461 e. The number of hydrogen-bond acceptors (Lipinski definition) is 5. The minimum absolute atomic E-state index is 0.0884. The van der Waals surface area contributed by atoms with Crippen molar-refractivity contribution in [2.75, 3.05) is 5.73 Å². The van der Waals surface area contributed by atoms with Gasteiger partial charge < -0.3 is 15.2 Å². The second-order valence-corrected chi connectivity index (χ2v) is 5.86. The molecule has 0 saturated carbocycles. The Morgan fingerprint density at radius 3 is 2.54 bits per heavy atom. The van der Waals surface area contributed by atoms with Crippen molar-refractivity contribution in [1.82, 2.24) is 4.98 Å². The zero-order valence-corrected chi connectivity index (χ0v) is 14.5. The summed E-state index contributed by atoms with van der Waals surface area (Å²) in [5, 5.41) is -0.568. The number of aryl methyl sites for hydroxylation is 1. The first-order valence-electron chi connectivity index (χ1n) is 6.98. The molecule has 0 bridgehead atoms. The summed E-state index contributed by atoms with van der Waals surface area (Å²) >= 11 is 11.5. The fourth-order valence-corrected chi connectivity index (χ4v) is 2.13. The van der Waals surface area contributed by atoms with Crippen LogP contribution in [0.1, 0.15) is 18.1 Å². The second-order valence-electron chi connectivity index (χ2n) is 5.10. The van der Waals surface area contributed by atoms with Crippen LogP contribution in [0.4, 0.5) is 10.1 Å². The number of benzene rings is 1. The average molecular weight is 373 g/mol. The number of carbonyl (C=O) groups is 1. The monoisotopic (exact) mass is 372 g/mol. The summed E-state index contributed by atoms with van der Waals surface area (Å²) in [6, 6.07) is 7.52. The zero-order chi connectivity index (χ0) is 17.9. The molecule has 1 heterocycles. The second kappa shape index (κ2) is 7.68. The maximum Gasteiger partial charge on any atom is 0.347 e. The lowest BCUT2D eigenvalue weighted by atomic mass is 10.2. The van der Waals surface area contributed by atoms with Crippen LogP contribution in [0.25, 0.3) is 0 Å². The topological polar surface area (TPSA) is 74.4 Å². The summed E-state index contributed by atoms with van der Waals surface area (Å²) in [7, 11) is 0. The van der Waals surface area contributed by atoms with Crippen LogP contribution in [-0.4, -0.2) is 17.1 Å². The summed E-state index contributed by atoms with van der Waals surface area (Å²) in [5.41, 5.74) is 7.27. The maximum atomic E-state index is 13.5. The molecule has 0 aliphatic heterocycles. The number of pyridine rings is 1. The van der Waals surface area contributed by atoms with E-state index in [2.05, 4.69) is 4.98 Å². The highest BCUT2D eigenvalue weighted by molar-refractivity contribution is 6.39.